The third-order valence-electron chi connectivity index (χ3n) is 4.44. The number of ether oxygens (including phenoxy) is 1. The van der Waals surface area contributed by atoms with Crippen molar-refractivity contribution >= 4 is 28.8 Å². The molecule has 1 saturated heterocycles. The van der Waals surface area contributed by atoms with Crippen LogP contribution in [0.5, 0.6) is 5.75 Å². The van der Waals surface area contributed by atoms with Gasteiger partial charge in [-0.2, -0.15) is 0 Å². The maximum atomic E-state index is 14.7. The topological polar surface area (TPSA) is 83.8 Å². The zero-order valence-electron chi connectivity index (χ0n) is 12.7. The molecule has 3 heterocycles. The van der Waals surface area contributed by atoms with Crippen LogP contribution in [0.4, 0.5) is 10.1 Å². The number of rotatable bonds is 3. The summed E-state index contributed by atoms with van der Waals surface area (Å²) in [4.78, 5) is 25.4. The number of halogens is 1. The summed E-state index contributed by atoms with van der Waals surface area (Å²) in [6.45, 7) is 1.24. The number of carboxylic acids is 1. The number of carbonyl (C=O) groups is 1. The molecular formula is C16H14FN3O4. The predicted octanol–water partition coefficient (Wildman–Crippen LogP) is 1.07. The molecule has 0 radical (unpaired) electrons. The first-order valence-corrected chi connectivity index (χ1v) is 7.41. The van der Waals surface area contributed by atoms with Crippen molar-refractivity contribution in [1.29, 1.82) is 0 Å². The van der Waals surface area contributed by atoms with Gasteiger partial charge in [0.2, 0.25) is 5.43 Å². The lowest BCUT2D eigenvalue weighted by Crippen LogP contribution is -2.57. The molecule has 8 heteroatoms. The molecule has 1 fully saturated rings. The molecule has 1 aromatic carbocycles. The number of likely N-dealkylation sites (N-methyl/N-ethyl adjacent to an activating group) is 1. The van der Waals surface area contributed by atoms with Crippen LogP contribution in [0.3, 0.4) is 0 Å². The van der Waals surface area contributed by atoms with Crippen LogP contribution in [-0.2, 0) is 0 Å². The minimum Gasteiger partial charge on any atom is -0.477 e. The molecule has 0 aliphatic carbocycles. The first-order valence-electron chi connectivity index (χ1n) is 7.41. The lowest BCUT2D eigenvalue weighted by atomic mass is 10.0. The maximum Gasteiger partial charge on any atom is 0.341 e. The summed E-state index contributed by atoms with van der Waals surface area (Å²) in [6, 6.07) is 1.36. The van der Waals surface area contributed by atoms with Crippen LogP contribution in [0, 0.1) is 5.82 Å². The summed E-state index contributed by atoms with van der Waals surface area (Å²) in [5.41, 5.74) is -0.478. The van der Waals surface area contributed by atoms with Gasteiger partial charge in [0.05, 0.1) is 5.39 Å². The molecule has 2 aliphatic rings. The van der Waals surface area contributed by atoms with Crippen molar-refractivity contribution in [1.82, 2.24) is 9.88 Å². The summed E-state index contributed by atoms with van der Waals surface area (Å²) >= 11 is 0. The van der Waals surface area contributed by atoms with Gasteiger partial charge in [0.25, 0.3) is 0 Å². The highest BCUT2D eigenvalue weighted by Crippen LogP contribution is 2.41. The van der Waals surface area contributed by atoms with E-state index in [0.29, 0.717) is 18.6 Å². The molecule has 0 atom stereocenters. The number of anilines is 1. The summed E-state index contributed by atoms with van der Waals surface area (Å²) < 4.78 is 21.7. The Kier molecular flexibility index (Phi) is 3.10. The van der Waals surface area contributed by atoms with Crippen LogP contribution in [0.15, 0.2) is 23.3 Å². The van der Waals surface area contributed by atoms with Crippen LogP contribution in [0.2, 0.25) is 0 Å². The van der Waals surface area contributed by atoms with Crippen LogP contribution < -0.4 is 20.4 Å². The minimum absolute atomic E-state index is 0.0128. The van der Waals surface area contributed by atoms with Crippen LogP contribution in [-0.4, -0.2) is 41.8 Å². The number of aromatic nitrogens is 1. The quantitative estimate of drug-likeness (QED) is 0.875. The zero-order valence-corrected chi connectivity index (χ0v) is 12.7. The van der Waals surface area contributed by atoms with Crippen molar-refractivity contribution in [2.75, 3.05) is 25.0 Å². The maximum absolute atomic E-state index is 14.7. The molecule has 2 N–H and O–H groups in total. The summed E-state index contributed by atoms with van der Waals surface area (Å²) in [7, 11) is 1.84. The Hall–Kier alpha value is -2.87. The van der Waals surface area contributed by atoms with Gasteiger partial charge in [-0.1, -0.05) is 0 Å². The fourth-order valence-corrected chi connectivity index (χ4v) is 3.13. The van der Waals surface area contributed by atoms with Crippen molar-refractivity contribution in [2.24, 2.45) is 0 Å². The number of hydrogen-bond acceptors (Lipinski definition) is 5. The summed E-state index contributed by atoms with van der Waals surface area (Å²) in [5.74, 6) is -1.72. The molecule has 0 spiro atoms. The number of hydrogen-bond donors (Lipinski definition) is 2. The molecule has 0 unspecified atom stereocenters. The average molecular weight is 331 g/mol. The molecule has 2 aromatic rings. The van der Waals surface area contributed by atoms with Gasteiger partial charge in [-0.05, 0) is 13.1 Å². The Balaban J connectivity index is 1.99. The second kappa shape index (κ2) is 5.07. The van der Waals surface area contributed by atoms with Crippen molar-refractivity contribution in [2.45, 2.75) is 6.04 Å². The van der Waals surface area contributed by atoms with Crippen molar-refractivity contribution < 1.29 is 19.0 Å². The highest BCUT2D eigenvalue weighted by Gasteiger charge is 2.33. The Morgan fingerprint density at radius 1 is 1.46 bits per heavy atom. The monoisotopic (exact) mass is 331 g/mol. The second-order valence-electron chi connectivity index (χ2n) is 5.81. The molecule has 0 amide bonds. The number of nitrogens with zero attached hydrogens (tertiary/aromatic N) is 2. The Morgan fingerprint density at radius 3 is 2.88 bits per heavy atom. The highest BCUT2D eigenvalue weighted by molar-refractivity contribution is 5.98. The van der Waals surface area contributed by atoms with E-state index in [2.05, 4.69) is 5.32 Å². The molecule has 124 valence electrons. The highest BCUT2D eigenvalue weighted by atomic mass is 19.1. The smallest absolute Gasteiger partial charge is 0.341 e. The number of nitrogens with one attached hydrogen (secondary N) is 1. The van der Waals surface area contributed by atoms with Gasteiger partial charge in [-0.25, -0.2) is 9.18 Å². The van der Waals surface area contributed by atoms with E-state index in [4.69, 9.17) is 4.74 Å². The van der Waals surface area contributed by atoms with E-state index >= 15 is 0 Å². The number of carboxylic acid groups (broad SMARTS) is 1. The first kappa shape index (κ1) is 14.7. The van der Waals surface area contributed by atoms with E-state index in [0.717, 1.165) is 6.07 Å². The normalized spacial score (nSPS) is 16.2. The molecule has 0 bridgehead atoms. The summed E-state index contributed by atoms with van der Waals surface area (Å²) in [6.07, 6.45) is 4.06. The van der Waals surface area contributed by atoms with Crippen molar-refractivity contribution in [3.8, 4) is 5.75 Å². The summed E-state index contributed by atoms with van der Waals surface area (Å²) in [5, 5.41) is 12.3. The molecular weight excluding hydrogens is 317 g/mol. The zero-order chi connectivity index (χ0) is 17.0. The fourth-order valence-electron chi connectivity index (χ4n) is 3.13. The Labute approximate surface area is 135 Å². The van der Waals surface area contributed by atoms with E-state index < -0.39 is 22.8 Å². The largest absolute Gasteiger partial charge is 0.477 e. The first-order chi connectivity index (χ1) is 11.5. The molecule has 7 nitrogen and oxygen atoms in total. The van der Waals surface area contributed by atoms with Crippen molar-refractivity contribution in [3.63, 3.8) is 0 Å². The second-order valence-corrected chi connectivity index (χ2v) is 5.81. The number of aromatic carboxylic acids is 1. The van der Waals surface area contributed by atoms with E-state index in [9.17, 15) is 19.1 Å². The van der Waals surface area contributed by atoms with Gasteiger partial charge in [-0.3, -0.25) is 4.79 Å². The van der Waals surface area contributed by atoms with Gasteiger partial charge < -0.3 is 24.6 Å². The Morgan fingerprint density at radius 2 is 2.21 bits per heavy atom. The number of pyridine rings is 1. The van der Waals surface area contributed by atoms with Gasteiger partial charge in [0.15, 0.2) is 11.6 Å². The van der Waals surface area contributed by atoms with E-state index in [-0.39, 0.29) is 22.9 Å². The molecule has 24 heavy (non-hydrogen) atoms. The van der Waals surface area contributed by atoms with E-state index in [1.165, 1.54) is 23.2 Å². The molecule has 4 rings (SSSR count). The standard InChI is InChI=1S/C16H14FN3O4/c1-18-8-5-20(6-8)13-11(17)4-9-12-15(13)24-3-2-19(12)7-10(14(9)21)16(22)23/h2-4,7-8,18H,5-6H2,1H3,(H,22,23). The van der Waals surface area contributed by atoms with Gasteiger partial charge in [0, 0.05) is 31.5 Å². The molecule has 1 aromatic heterocycles. The van der Waals surface area contributed by atoms with Crippen molar-refractivity contribution in [3.05, 3.63) is 40.1 Å². The average Bonchev–Trinajstić information content (AvgIpc) is 2.51. The van der Waals surface area contributed by atoms with Gasteiger partial charge in [0.1, 0.15) is 23.0 Å². The SMILES string of the molecule is CNC1CN(c2c(F)cc3c(=O)c(C(=O)O)cn4c3c2OC=C4)C1. The fraction of sp³-hybridized carbons (Fsp3) is 0.250. The van der Waals surface area contributed by atoms with Crippen LogP contribution in [0.25, 0.3) is 17.1 Å². The molecule has 0 saturated carbocycles. The van der Waals surface area contributed by atoms with Crippen LogP contribution >= 0.6 is 0 Å². The van der Waals surface area contributed by atoms with Crippen LogP contribution in [0.1, 0.15) is 10.4 Å². The van der Waals surface area contributed by atoms with E-state index in [1.54, 1.807) is 0 Å². The lowest BCUT2D eigenvalue weighted by Gasteiger charge is -2.41. The lowest BCUT2D eigenvalue weighted by molar-refractivity contribution is 0.0695. The van der Waals surface area contributed by atoms with E-state index in [1.807, 2.05) is 11.9 Å². The van der Waals surface area contributed by atoms with Gasteiger partial charge >= 0.3 is 5.97 Å². The Bertz CT molecular complexity index is 960. The predicted molar refractivity (Wildman–Crippen MR) is 86.1 cm³/mol. The third kappa shape index (κ3) is 1.93. The van der Waals surface area contributed by atoms with Gasteiger partial charge in [-0.15, -0.1) is 0 Å². The number of benzene rings is 1. The molecule has 2 aliphatic heterocycles. The minimum atomic E-state index is -1.35. The third-order valence-corrected chi connectivity index (χ3v) is 4.44.